The lowest BCUT2D eigenvalue weighted by molar-refractivity contribution is 0.0601. The van der Waals surface area contributed by atoms with Crippen LogP contribution in [0.1, 0.15) is 15.9 Å². The maximum atomic E-state index is 15.3. The summed E-state index contributed by atoms with van der Waals surface area (Å²) >= 11 is 0. The van der Waals surface area contributed by atoms with Crippen LogP contribution < -0.4 is 10.6 Å². The number of imidazole rings is 1. The Morgan fingerprint density at radius 3 is 2.56 bits per heavy atom. The second-order valence-corrected chi connectivity index (χ2v) is 12.4. The number of esters is 1. The largest absolute Gasteiger partial charge is 0.465 e. The average molecular weight is 389 g/mol. The third-order valence-corrected chi connectivity index (χ3v) is 6.21. The van der Waals surface area contributed by atoms with Gasteiger partial charge in [0.1, 0.15) is 19.5 Å². The molecule has 5 nitrogen and oxygen atoms in total. The Bertz CT molecular complexity index is 1040. The Balaban J connectivity index is 2.24. The first-order chi connectivity index (χ1) is 12.6. The van der Waals surface area contributed by atoms with Gasteiger partial charge in [0, 0.05) is 17.7 Å². The van der Waals surface area contributed by atoms with Crippen molar-refractivity contribution in [3.8, 4) is 0 Å². The number of benzene rings is 1. The Morgan fingerprint density at radius 1 is 1.26 bits per heavy atom. The van der Waals surface area contributed by atoms with Gasteiger partial charge < -0.3 is 14.5 Å². The van der Waals surface area contributed by atoms with Crippen molar-refractivity contribution in [1.82, 2.24) is 9.38 Å². The number of nitrogens with zero attached hydrogens (tertiary/aromatic N) is 2. The highest BCUT2D eigenvalue weighted by Gasteiger charge is 2.27. The molecule has 0 spiro atoms. The van der Waals surface area contributed by atoms with Crippen LogP contribution in [0.15, 0.2) is 30.6 Å². The van der Waals surface area contributed by atoms with E-state index >= 15 is 4.39 Å². The van der Waals surface area contributed by atoms with Crippen LogP contribution in [0.2, 0.25) is 19.6 Å². The number of carbonyl (C=O) groups is 1. The minimum atomic E-state index is -1.84. The van der Waals surface area contributed by atoms with Gasteiger partial charge in [-0.25, -0.2) is 18.6 Å². The quantitative estimate of drug-likeness (QED) is 0.541. The van der Waals surface area contributed by atoms with E-state index in [1.165, 1.54) is 25.4 Å². The summed E-state index contributed by atoms with van der Waals surface area (Å²) in [5.74, 6) is -2.00. The van der Waals surface area contributed by atoms with Crippen LogP contribution >= 0.6 is 0 Å². The summed E-state index contributed by atoms with van der Waals surface area (Å²) in [7, 11) is -0.626. The first-order valence-corrected chi connectivity index (χ1v) is 11.9. The highest BCUT2D eigenvalue weighted by Crippen LogP contribution is 2.29. The van der Waals surface area contributed by atoms with Crippen molar-refractivity contribution in [3.63, 3.8) is 0 Å². The summed E-state index contributed by atoms with van der Waals surface area (Å²) in [4.78, 5) is 16.5. The van der Waals surface area contributed by atoms with Crippen molar-refractivity contribution < 1.29 is 18.3 Å². The SMILES string of the molecule is COC(=O)c1cn2c([Si](C)(C)C)cnc2c(F)c1Nc1ccc(C)cc1F. The van der Waals surface area contributed by atoms with Crippen LogP contribution in [0, 0.1) is 18.6 Å². The van der Waals surface area contributed by atoms with Crippen molar-refractivity contribution in [1.29, 1.82) is 0 Å². The predicted octanol–water partition coefficient (Wildman–Crippen LogP) is 4.00. The smallest absolute Gasteiger partial charge is 0.341 e. The number of halogens is 2. The lowest BCUT2D eigenvalue weighted by atomic mass is 10.1. The minimum Gasteiger partial charge on any atom is -0.465 e. The van der Waals surface area contributed by atoms with Crippen molar-refractivity contribution in [2.24, 2.45) is 0 Å². The molecule has 0 radical (unpaired) electrons. The molecule has 8 heteroatoms. The number of rotatable bonds is 4. The van der Waals surface area contributed by atoms with Gasteiger partial charge >= 0.3 is 5.97 Å². The maximum absolute atomic E-state index is 15.3. The maximum Gasteiger partial charge on any atom is 0.341 e. The molecule has 0 atom stereocenters. The third-order valence-electron chi connectivity index (χ3n) is 4.30. The first-order valence-electron chi connectivity index (χ1n) is 8.45. The van der Waals surface area contributed by atoms with Gasteiger partial charge in [0.15, 0.2) is 11.5 Å². The normalized spacial score (nSPS) is 11.7. The molecular formula is C19H21F2N3O2Si. The number of anilines is 2. The molecule has 3 aromatic rings. The molecule has 2 heterocycles. The van der Waals surface area contributed by atoms with E-state index in [1.807, 2.05) is 0 Å². The third kappa shape index (κ3) is 3.44. The second-order valence-electron chi connectivity index (χ2n) is 7.42. The van der Waals surface area contributed by atoms with Crippen LogP contribution in [0.5, 0.6) is 0 Å². The standard InChI is InChI=1S/C19H21F2N3O2Si/c1-11-6-7-14(13(20)8-11)23-17-12(19(25)26-2)10-24-15(27(3,4)5)9-22-18(24)16(17)21/h6-10,23H,1-5H3. The van der Waals surface area contributed by atoms with E-state index in [0.717, 1.165) is 10.9 Å². The van der Waals surface area contributed by atoms with Gasteiger partial charge in [0.25, 0.3) is 0 Å². The topological polar surface area (TPSA) is 55.6 Å². The van der Waals surface area contributed by atoms with Crippen molar-refractivity contribution in [3.05, 3.63) is 53.4 Å². The fraction of sp³-hybridized carbons (Fsp3) is 0.263. The molecule has 0 unspecified atom stereocenters. The monoisotopic (exact) mass is 389 g/mol. The van der Waals surface area contributed by atoms with Gasteiger partial charge in [-0.05, 0) is 24.6 Å². The second kappa shape index (κ2) is 6.77. The van der Waals surface area contributed by atoms with Gasteiger partial charge in [0.2, 0.25) is 0 Å². The molecule has 2 aromatic heterocycles. The summed E-state index contributed by atoms with van der Waals surface area (Å²) in [5.41, 5.74) is 0.682. The highest BCUT2D eigenvalue weighted by atomic mass is 28.3. The molecule has 0 aliphatic rings. The molecule has 0 amide bonds. The van der Waals surface area contributed by atoms with Gasteiger partial charge in [0.05, 0.1) is 18.5 Å². The van der Waals surface area contributed by atoms with Gasteiger partial charge in [-0.1, -0.05) is 25.7 Å². The van der Waals surface area contributed by atoms with Gasteiger partial charge in [-0.3, -0.25) is 0 Å². The molecule has 142 valence electrons. The number of fused-ring (bicyclic) bond motifs is 1. The molecular weight excluding hydrogens is 368 g/mol. The fourth-order valence-corrected chi connectivity index (χ4v) is 4.22. The predicted molar refractivity (Wildman–Crippen MR) is 104 cm³/mol. The summed E-state index contributed by atoms with van der Waals surface area (Å²) in [6.45, 7) is 8.04. The number of hydrogen-bond acceptors (Lipinski definition) is 4. The molecule has 0 fully saturated rings. The molecule has 1 N–H and O–H groups in total. The fourth-order valence-electron chi connectivity index (χ4n) is 2.88. The molecule has 0 aliphatic heterocycles. The Labute approximate surface area is 157 Å². The van der Waals surface area contributed by atoms with E-state index in [1.54, 1.807) is 23.6 Å². The zero-order valence-corrected chi connectivity index (χ0v) is 16.9. The molecule has 3 rings (SSSR count). The highest BCUT2D eigenvalue weighted by molar-refractivity contribution is 6.88. The molecule has 0 saturated carbocycles. The van der Waals surface area contributed by atoms with E-state index in [-0.39, 0.29) is 22.6 Å². The van der Waals surface area contributed by atoms with E-state index in [4.69, 9.17) is 4.74 Å². The summed E-state index contributed by atoms with van der Waals surface area (Å²) in [6.07, 6.45) is 3.13. The minimum absolute atomic E-state index is 0.0278. The zero-order chi connectivity index (χ0) is 19.9. The van der Waals surface area contributed by atoms with Crippen molar-refractivity contribution in [2.45, 2.75) is 26.6 Å². The number of methoxy groups -OCH3 is 1. The summed E-state index contributed by atoms with van der Waals surface area (Å²) in [6, 6.07) is 4.52. The van der Waals surface area contributed by atoms with Crippen molar-refractivity contribution in [2.75, 3.05) is 12.4 Å². The number of carbonyl (C=O) groups excluding carboxylic acids is 1. The number of aromatic nitrogens is 2. The van der Waals surface area contributed by atoms with Crippen LogP contribution in [0.3, 0.4) is 0 Å². The van der Waals surface area contributed by atoms with Crippen LogP contribution in [-0.2, 0) is 4.74 Å². The lowest BCUT2D eigenvalue weighted by Crippen LogP contribution is -2.40. The van der Waals surface area contributed by atoms with Gasteiger partial charge in [-0.2, -0.15) is 0 Å². The number of ether oxygens (including phenoxy) is 1. The lowest BCUT2D eigenvalue weighted by Gasteiger charge is -2.18. The van der Waals surface area contributed by atoms with E-state index in [2.05, 4.69) is 29.9 Å². The molecule has 0 aliphatic carbocycles. The van der Waals surface area contributed by atoms with E-state index in [0.29, 0.717) is 0 Å². The Kier molecular flexibility index (Phi) is 4.77. The summed E-state index contributed by atoms with van der Waals surface area (Å²) < 4.78 is 35.9. The average Bonchev–Trinajstić information content (AvgIpc) is 3.03. The van der Waals surface area contributed by atoms with Crippen molar-refractivity contribution >= 4 is 36.4 Å². The van der Waals surface area contributed by atoms with E-state index < -0.39 is 25.7 Å². The molecule has 27 heavy (non-hydrogen) atoms. The number of aryl methyl sites for hydroxylation is 1. The zero-order valence-electron chi connectivity index (χ0n) is 15.9. The molecule has 1 aromatic carbocycles. The Hall–Kier alpha value is -2.74. The Morgan fingerprint density at radius 2 is 1.96 bits per heavy atom. The number of nitrogens with one attached hydrogen (secondary N) is 1. The van der Waals surface area contributed by atoms with Crippen LogP contribution in [-0.4, -0.2) is 30.5 Å². The van der Waals surface area contributed by atoms with Crippen LogP contribution in [0.25, 0.3) is 5.65 Å². The summed E-state index contributed by atoms with van der Waals surface area (Å²) in [5, 5.41) is 3.57. The number of hydrogen-bond donors (Lipinski definition) is 1. The first kappa shape index (κ1) is 19.0. The van der Waals surface area contributed by atoms with E-state index in [9.17, 15) is 9.18 Å². The van der Waals surface area contributed by atoms with Crippen LogP contribution in [0.4, 0.5) is 20.2 Å². The number of pyridine rings is 1. The molecule has 0 saturated heterocycles. The van der Waals surface area contributed by atoms with Gasteiger partial charge in [-0.15, -0.1) is 0 Å². The molecule has 0 bridgehead atoms.